The second kappa shape index (κ2) is 38.0. The van der Waals surface area contributed by atoms with Crippen LogP contribution < -0.4 is 0 Å². The predicted molar refractivity (Wildman–Crippen MR) is 233 cm³/mol. The minimum Gasteiger partial charge on any atom is -0.492 e. The van der Waals surface area contributed by atoms with Crippen LogP contribution in [0.2, 0.25) is 0 Å². The summed E-state index contributed by atoms with van der Waals surface area (Å²) in [7, 11) is 1.53. The third-order valence-corrected chi connectivity index (χ3v) is 9.79. The van der Waals surface area contributed by atoms with Crippen LogP contribution in [0.3, 0.4) is 0 Å². The number of allylic oxidation sites excluding steroid dienone is 11. The number of ketones is 1. The van der Waals surface area contributed by atoms with E-state index in [2.05, 4.69) is 50.3 Å². The molecule has 0 aliphatic rings. The molecule has 1 unspecified atom stereocenters. The van der Waals surface area contributed by atoms with Gasteiger partial charge in [0.2, 0.25) is 0 Å². The molecule has 322 valence electrons. The largest absolute Gasteiger partial charge is 0.492 e. The summed E-state index contributed by atoms with van der Waals surface area (Å²) in [4.78, 5) is 34.9. The maximum absolute atomic E-state index is 12.5. The van der Waals surface area contributed by atoms with E-state index >= 15 is 0 Å². The summed E-state index contributed by atoms with van der Waals surface area (Å²) in [6.07, 6.45) is 46.1. The smallest absolute Gasteiger partial charge is 0.472 e. The summed E-state index contributed by atoms with van der Waals surface area (Å²) in [6.45, 7) is 4.56. The van der Waals surface area contributed by atoms with E-state index in [0.29, 0.717) is 17.4 Å². The lowest BCUT2D eigenvalue weighted by atomic mass is 10.1. The second-order valence-corrected chi connectivity index (χ2v) is 16.9. The summed E-state index contributed by atoms with van der Waals surface area (Å²) in [5.41, 5.74) is 0. The minimum absolute atomic E-state index is 0.0477. The third kappa shape index (κ3) is 41.1. The topological polar surface area (TPSA) is 108 Å². The number of carbonyl (C=O) groups is 2. The summed E-state index contributed by atoms with van der Waals surface area (Å²) in [5.74, 6) is -0.545. The fraction of sp³-hybridized carbons (Fsp3) is 0.696. The highest BCUT2D eigenvalue weighted by molar-refractivity contribution is 7.47. The first-order valence-corrected chi connectivity index (χ1v) is 23.2. The molecule has 1 N–H and O–H groups in total. The molecule has 9 nitrogen and oxygen atoms in total. The molecule has 0 fully saturated rings. The fourth-order valence-corrected chi connectivity index (χ4v) is 6.05. The molecule has 0 rings (SSSR count). The SMILES string of the molecule is CCCCC/C=C\C/C=C\C/C=C\C=C\C(=O)CCCC(=O)OC[C@H](COP(=O)(O)OCC[N+](C)(C)C)O/C=C/CCCCCC/C=C\CCCCCCCC. The number of unbranched alkanes of at least 4 members (excludes halogenated alkanes) is 14. The van der Waals surface area contributed by atoms with Crippen molar-refractivity contribution in [2.75, 3.05) is 47.5 Å². The van der Waals surface area contributed by atoms with Crippen LogP contribution in [0.5, 0.6) is 0 Å². The lowest BCUT2D eigenvalue weighted by Crippen LogP contribution is -2.37. The van der Waals surface area contributed by atoms with Crippen LogP contribution in [0, 0.1) is 0 Å². The van der Waals surface area contributed by atoms with Gasteiger partial charge in [-0.1, -0.05) is 126 Å². The van der Waals surface area contributed by atoms with Gasteiger partial charge in [0.15, 0.2) is 11.9 Å². The average Bonchev–Trinajstić information content (AvgIpc) is 3.14. The Balaban J connectivity index is 4.53. The molecule has 10 heteroatoms. The molecular weight excluding hydrogens is 725 g/mol. The van der Waals surface area contributed by atoms with Gasteiger partial charge >= 0.3 is 13.8 Å². The number of phosphoric acid groups is 1. The van der Waals surface area contributed by atoms with Crippen molar-refractivity contribution in [1.29, 1.82) is 0 Å². The molecule has 56 heavy (non-hydrogen) atoms. The van der Waals surface area contributed by atoms with E-state index in [0.717, 1.165) is 44.9 Å². The molecule has 0 aromatic rings. The number of phosphoric ester groups is 1. The summed E-state index contributed by atoms with van der Waals surface area (Å²) < 4.78 is 34.5. The first kappa shape index (κ1) is 53.5. The Kier molecular flexibility index (Phi) is 36.3. The van der Waals surface area contributed by atoms with Crippen molar-refractivity contribution in [3.8, 4) is 0 Å². The Hall–Kier alpha value is -2.55. The number of carbonyl (C=O) groups excluding carboxylic acids is 2. The normalized spacial score (nSPS) is 14.3. The summed E-state index contributed by atoms with van der Waals surface area (Å²) in [5, 5.41) is 0. The van der Waals surface area contributed by atoms with Crippen LogP contribution in [0.25, 0.3) is 0 Å². The van der Waals surface area contributed by atoms with Crippen molar-refractivity contribution in [1.82, 2.24) is 0 Å². The second-order valence-electron chi connectivity index (χ2n) is 15.5. The molecule has 0 amide bonds. The highest BCUT2D eigenvalue weighted by Crippen LogP contribution is 2.43. The standard InChI is InChI=1S/C46H80NO8P/c1-6-8-10-12-14-16-18-20-21-22-24-26-28-30-32-34-40-52-45(43-55-56(50,51)54-41-39-47(3,4)5)42-53-46(49)38-35-37-44(48)36-33-31-29-27-25-23-19-17-15-13-11-9-7-2/h15,17,20-21,23,25,29,31,33-34,36,40,45H,6-14,16,18-19,22,24,26-28,30,32,35,37-39,41-43H2,1-5H3/p+1/b17-15-,21-20-,25-23-,31-29-,36-33+,40-34+/t45-/m1/s1. The van der Waals surface area contributed by atoms with Gasteiger partial charge in [-0.15, -0.1) is 0 Å². The maximum Gasteiger partial charge on any atom is 0.472 e. The van der Waals surface area contributed by atoms with Gasteiger partial charge < -0.3 is 18.9 Å². The molecule has 0 heterocycles. The van der Waals surface area contributed by atoms with E-state index in [4.69, 9.17) is 18.5 Å². The number of ether oxygens (including phenoxy) is 2. The van der Waals surface area contributed by atoms with Gasteiger partial charge in [0.05, 0.1) is 34.0 Å². The molecule has 0 saturated heterocycles. The quantitative estimate of drug-likeness (QED) is 0.00956. The molecule has 0 saturated carbocycles. The average molecular weight is 807 g/mol. The molecule has 0 aliphatic carbocycles. The van der Waals surface area contributed by atoms with Crippen LogP contribution in [0.1, 0.15) is 155 Å². The summed E-state index contributed by atoms with van der Waals surface area (Å²) >= 11 is 0. The number of quaternary nitrogens is 1. The molecule has 0 radical (unpaired) electrons. The highest BCUT2D eigenvalue weighted by Gasteiger charge is 2.25. The Morgan fingerprint density at radius 3 is 1.80 bits per heavy atom. The Morgan fingerprint density at radius 1 is 0.625 bits per heavy atom. The number of hydrogen-bond acceptors (Lipinski definition) is 7. The van der Waals surface area contributed by atoms with Crippen LogP contribution in [-0.4, -0.2) is 74.7 Å². The van der Waals surface area contributed by atoms with Gasteiger partial charge in [0, 0.05) is 12.8 Å². The van der Waals surface area contributed by atoms with Gasteiger partial charge in [-0.3, -0.25) is 18.6 Å². The first-order chi connectivity index (χ1) is 27.0. The zero-order valence-corrected chi connectivity index (χ0v) is 37.0. The van der Waals surface area contributed by atoms with Crippen molar-refractivity contribution >= 4 is 19.6 Å². The Morgan fingerprint density at radius 2 is 1.16 bits per heavy atom. The molecular formula is C46H81NO8P+. The summed E-state index contributed by atoms with van der Waals surface area (Å²) in [6, 6.07) is 0. The van der Waals surface area contributed by atoms with Crippen LogP contribution >= 0.6 is 7.82 Å². The number of hydrogen-bond donors (Lipinski definition) is 1. The van der Waals surface area contributed by atoms with Crippen LogP contribution in [0.4, 0.5) is 0 Å². The minimum atomic E-state index is -4.33. The van der Waals surface area contributed by atoms with Gasteiger partial charge in [-0.2, -0.15) is 0 Å². The zero-order valence-electron chi connectivity index (χ0n) is 36.1. The lowest BCUT2D eigenvalue weighted by molar-refractivity contribution is -0.870. The molecule has 0 bridgehead atoms. The zero-order chi connectivity index (χ0) is 41.4. The van der Waals surface area contributed by atoms with Crippen molar-refractivity contribution in [3.63, 3.8) is 0 Å². The molecule has 0 aromatic heterocycles. The van der Waals surface area contributed by atoms with Crippen LogP contribution in [0.15, 0.2) is 73.1 Å². The predicted octanol–water partition coefficient (Wildman–Crippen LogP) is 12.2. The number of esters is 1. The number of nitrogens with zero attached hydrogens (tertiary/aromatic N) is 1. The molecule has 0 aliphatic heterocycles. The van der Waals surface area contributed by atoms with E-state index < -0.39 is 19.9 Å². The van der Waals surface area contributed by atoms with Crippen molar-refractivity contribution < 1.29 is 42.1 Å². The van der Waals surface area contributed by atoms with E-state index in [1.807, 2.05) is 39.4 Å². The molecule has 2 atom stereocenters. The Bertz CT molecular complexity index is 1180. The van der Waals surface area contributed by atoms with E-state index in [-0.39, 0.29) is 38.4 Å². The first-order valence-electron chi connectivity index (χ1n) is 21.7. The number of rotatable bonds is 39. The maximum atomic E-state index is 12.5. The van der Waals surface area contributed by atoms with E-state index in [1.54, 1.807) is 6.08 Å². The van der Waals surface area contributed by atoms with Crippen LogP contribution in [-0.2, 0) is 32.7 Å². The van der Waals surface area contributed by atoms with Crippen molar-refractivity contribution in [3.05, 3.63) is 73.1 Å². The van der Waals surface area contributed by atoms with Gasteiger partial charge in [-0.25, -0.2) is 4.57 Å². The van der Waals surface area contributed by atoms with Crippen molar-refractivity contribution in [2.45, 2.75) is 161 Å². The van der Waals surface area contributed by atoms with Gasteiger partial charge in [-0.05, 0) is 82.8 Å². The van der Waals surface area contributed by atoms with Gasteiger partial charge in [0.25, 0.3) is 0 Å². The number of likely N-dealkylation sites (N-methyl/N-ethyl adjacent to an activating group) is 1. The van der Waals surface area contributed by atoms with E-state index in [1.165, 1.54) is 89.4 Å². The van der Waals surface area contributed by atoms with Crippen molar-refractivity contribution in [2.24, 2.45) is 0 Å². The highest BCUT2D eigenvalue weighted by atomic mass is 31.2. The monoisotopic (exact) mass is 807 g/mol. The van der Waals surface area contributed by atoms with E-state index in [9.17, 15) is 19.0 Å². The van der Waals surface area contributed by atoms with Gasteiger partial charge in [0.1, 0.15) is 19.8 Å². The fourth-order valence-electron chi connectivity index (χ4n) is 5.31. The third-order valence-electron chi connectivity index (χ3n) is 8.81. The lowest BCUT2D eigenvalue weighted by Gasteiger charge is -2.24. The molecule has 0 aromatic carbocycles. The Labute approximate surface area is 342 Å². The molecule has 0 spiro atoms.